The summed E-state index contributed by atoms with van der Waals surface area (Å²) in [5, 5.41) is 9.42. The summed E-state index contributed by atoms with van der Waals surface area (Å²) < 4.78 is 0. The van der Waals surface area contributed by atoms with Crippen molar-refractivity contribution in [2.75, 3.05) is 0 Å². The first-order chi connectivity index (χ1) is 6.25. The first-order valence-corrected chi connectivity index (χ1v) is 4.95. The van der Waals surface area contributed by atoms with Crippen LogP contribution in [0, 0.1) is 5.92 Å². The number of alkyl halides is 1. The molecule has 0 aliphatic heterocycles. The van der Waals surface area contributed by atoms with E-state index in [-0.39, 0.29) is 11.3 Å². The maximum Gasteiger partial charge on any atom is 0.0804 e. The minimum absolute atomic E-state index is 0.124. The van der Waals surface area contributed by atoms with Crippen LogP contribution in [-0.2, 0) is 0 Å². The summed E-state index contributed by atoms with van der Waals surface area (Å²) in [4.78, 5) is 0. The van der Waals surface area contributed by atoms with Gasteiger partial charge in [-0.2, -0.15) is 0 Å². The molecular formula is C11H15ClO. The maximum atomic E-state index is 9.78. The van der Waals surface area contributed by atoms with Crippen LogP contribution in [0.1, 0.15) is 12.8 Å². The van der Waals surface area contributed by atoms with Gasteiger partial charge in [0.25, 0.3) is 0 Å². The minimum Gasteiger partial charge on any atom is -0.391 e. The summed E-state index contributed by atoms with van der Waals surface area (Å²) in [6.45, 7) is 3.57. The van der Waals surface area contributed by atoms with E-state index in [4.69, 9.17) is 11.6 Å². The van der Waals surface area contributed by atoms with E-state index in [9.17, 15) is 5.11 Å². The zero-order chi connectivity index (χ0) is 9.68. The summed E-state index contributed by atoms with van der Waals surface area (Å²) >= 11 is 5.88. The molecule has 1 unspecified atom stereocenters. The molecule has 0 spiro atoms. The van der Waals surface area contributed by atoms with Crippen LogP contribution in [0.5, 0.6) is 0 Å². The van der Waals surface area contributed by atoms with Crippen molar-refractivity contribution in [3.05, 3.63) is 37.0 Å². The van der Waals surface area contributed by atoms with Gasteiger partial charge in [0, 0.05) is 5.92 Å². The highest BCUT2D eigenvalue weighted by atomic mass is 35.5. The molecule has 0 saturated heterocycles. The zero-order valence-corrected chi connectivity index (χ0v) is 8.32. The Labute approximate surface area is 84.4 Å². The fraction of sp³-hybridized carbons (Fsp3) is 0.455. The number of hydrogen-bond donors (Lipinski definition) is 1. The van der Waals surface area contributed by atoms with E-state index < -0.39 is 6.10 Å². The molecule has 1 rings (SSSR count). The Morgan fingerprint density at radius 3 is 2.92 bits per heavy atom. The highest BCUT2D eigenvalue weighted by Gasteiger charge is 2.21. The van der Waals surface area contributed by atoms with E-state index in [1.165, 1.54) is 0 Å². The predicted molar refractivity (Wildman–Crippen MR) is 56.8 cm³/mol. The third-order valence-corrected chi connectivity index (χ3v) is 2.66. The molecule has 0 aromatic rings. The van der Waals surface area contributed by atoms with Crippen molar-refractivity contribution in [1.82, 2.24) is 0 Å². The first-order valence-electron chi connectivity index (χ1n) is 4.52. The topological polar surface area (TPSA) is 20.2 Å². The monoisotopic (exact) mass is 198 g/mol. The Hall–Kier alpha value is -0.530. The Morgan fingerprint density at radius 1 is 1.46 bits per heavy atom. The van der Waals surface area contributed by atoms with Crippen LogP contribution in [0.3, 0.4) is 0 Å². The lowest BCUT2D eigenvalue weighted by Gasteiger charge is -2.20. The molecule has 72 valence electrons. The second kappa shape index (κ2) is 5.25. The fourth-order valence-corrected chi connectivity index (χ4v) is 1.58. The molecule has 1 aliphatic carbocycles. The molecule has 13 heavy (non-hydrogen) atoms. The van der Waals surface area contributed by atoms with Crippen LogP contribution >= 0.6 is 11.6 Å². The van der Waals surface area contributed by atoms with Gasteiger partial charge in [-0.25, -0.2) is 0 Å². The Morgan fingerprint density at radius 2 is 2.23 bits per heavy atom. The Kier molecular flexibility index (Phi) is 4.26. The third-order valence-electron chi connectivity index (χ3n) is 2.22. The van der Waals surface area contributed by atoms with Gasteiger partial charge >= 0.3 is 0 Å². The standard InChI is InChI=1S/C11H15ClO/c1-2-10(12)11(13)9-7-5-3-4-6-8-9/h2-3,5-6,8-11,13H,1,4,7H2/t9?,10-,11-/m1/s1. The molecule has 3 atom stereocenters. The van der Waals surface area contributed by atoms with Crippen molar-refractivity contribution in [3.8, 4) is 0 Å². The smallest absolute Gasteiger partial charge is 0.0804 e. The molecule has 2 heteroatoms. The van der Waals surface area contributed by atoms with E-state index in [1.54, 1.807) is 6.08 Å². The van der Waals surface area contributed by atoms with Crippen molar-refractivity contribution in [2.24, 2.45) is 5.92 Å². The number of aliphatic hydroxyl groups excluding tert-OH is 1. The summed E-state index contributed by atoms with van der Waals surface area (Å²) in [6, 6.07) is 0. The third kappa shape index (κ3) is 3.02. The molecule has 0 amide bonds. The van der Waals surface area contributed by atoms with Gasteiger partial charge in [-0.15, -0.1) is 18.2 Å². The average Bonchev–Trinajstić information content (AvgIpc) is 2.43. The van der Waals surface area contributed by atoms with Gasteiger partial charge < -0.3 is 5.11 Å². The highest BCUT2D eigenvalue weighted by molar-refractivity contribution is 6.22. The quantitative estimate of drug-likeness (QED) is 0.546. The number of hydrogen-bond acceptors (Lipinski definition) is 1. The number of rotatable bonds is 3. The molecule has 1 N–H and O–H groups in total. The molecule has 0 aromatic heterocycles. The molecule has 1 nitrogen and oxygen atoms in total. The van der Waals surface area contributed by atoms with Crippen LogP contribution < -0.4 is 0 Å². The number of halogens is 1. The van der Waals surface area contributed by atoms with Gasteiger partial charge in [-0.3, -0.25) is 0 Å². The normalized spacial score (nSPS) is 26.5. The summed E-state index contributed by atoms with van der Waals surface area (Å²) in [5.74, 6) is 0.124. The lowest BCUT2D eigenvalue weighted by Crippen LogP contribution is -2.26. The molecule has 0 heterocycles. The van der Waals surface area contributed by atoms with Crippen molar-refractivity contribution in [1.29, 1.82) is 0 Å². The van der Waals surface area contributed by atoms with Crippen LogP contribution in [0.2, 0.25) is 0 Å². The van der Waals surface area contributed by atoms with Gasteiger partial charge in [0.05, 0.1) is 11.5 Å². The van der Waals surface area contributed by atoms with Gasteiger partial charge in [-0.1, -0.05) is 30.4 Å². The molecule has 0 fully saturated rings. The second-order valence-electron chi connectivity index (χ2n) is 3.21. The summed E-state index contributed by atoms with van der Waals surface area (Å²) in [7, 11) is 0. The largest absolute Gasteiger partial charge is 0.391 e. The van der Waals surface area contributed by atoms with Crippen molar-refractivity contribution >= 4 is 11.6 Å². The lowest BCUT2D eigenvalue weighted by molar-refractivity contribution is 0.137. The molecule has 0 bridgehead atoms. The molecule has 1 aliphatic rings. The predicted octanol–water partition coefficient (Wildman–Crippen LogP) is 2.66. The maximum absolute atomic E-state index is 9.78. The van der Waals surface area contributed by atoms with E-state index >= 15 is 0 Å². The van der Waals surface area contributed by atoms with E-state index in [0.717, 1.165) is 12.8 Å². The molecule has 0 aromatic carbocycles. The average molecular weight is 199 g/mol. The van der Waals surface area contributed by atoms with Gasteiger partial charge in [0.1, 0.15) is 0 Å². The van der Waals surface area contributed by atoms with Crippen LogP contribution in [0.25, 0.3) is 0 Å². The van der Waals surface area contributed by atoms with Crippen molar-refractivity contribution in [3.63, 3.8) is 0 Å². The zero-order valence-electron chi connectivity index (χ0n) is 7.57. The second-order valence-corrected chi connectivity index (χ2v) is 3.71. The van der Waals surface area contributed by atoms with Crippen LogP contribution in [-0.4, -0.2) is 16.6 Å². The van der Waals surface area contributed by atoms with Gasteiger partial charge in [0.2, 0.25) is 0 Å². The van der Waals surface area contributed by atoms with E-state index in [1.807, 2.05) is 6.08 Å². The van der Waals surface area contributed by atoms with E-state index in [2.05, 4.69) is 24.8 Å². The van der Waals surface area contributed by atoms with Crippen LogP contribution in [0.15, 0.2) is 37.0 Å². The summed E-state index contributed by atoms with van der Waals surface area (Å²) in [5.41, 5.74) is 0. The molecule has 0 saturated carbocycles. The molecule has 0 radical (unpaired) electrons. The van der Waals surface area contributed by atoms with Crippen molar-refractivity contribution < 1.29 is 5.11 Å². The minimum atomic E-state index is -0.529. The Bertz CT molecular complexity index is 220. The van der Waals surface area contributed by atoms with Crippen LogP contribution in [0.4, 0.5) is 0 Å². The fourth-order valence-electron chi connectivity index (χ4n) is 1.39. The number of aliphatic hydroxyl groups is 1. The highest BCUT2D eigenvalue weighted by Crippen LogP contribution is 2.21. The van der Waals surface area contributed by atoms with Crippen molar-refractivity contribution in [2.45, 2.75) is 24.3 Å². The number of allylic oxidation sites excluding steroid dienone is 3. The Balaban J connectivity index is 2.58. The van der Waals surface area contributed by atoms with Gasteiger partial charge in [0.15, 0.2) is 0 Å². The SMILES string of the molecule is C=C[C@@H](Cl)[C@H](O)C1C=CCC=CC1. The van der Waals surface area contributed by atoms with Gasteiger partial charge in [-0.05, 0) is 12.8 Å². The summed E-state index contributed by atoms with van der Waals surface area (Å²) in [6.07, 6.45) is 11.1. The lowest BCUT2D eigenvalue weighted by atomic mass is 9.96. The van der Waals surface area contributed by atoms with E-state index in [0.29, 0.717) is 0 Å². The molecular weight excluding hydrogens is 184 g/mol. The first kappa shape index (κ1) is 10.6.